The molecule has 0 aliphatic carbocycles. The molecule has 0 N–H and O–H groups in total. The van der Waals surface area contributed by atoms with Crippen LogP contribution in [-0.4, -0.2) is 12.9 Å². The molecule has 0 fully saturated rings. The fourth-order valence-electron chi connectivity index (χ4n) is 2.26. The predicted octanol–water partition coefficient (Wildman–Crippen LogP) is 3.30. The Balaban J connectivity index is 2.31. The highest BCUT2D eigenvalue weighted by atomic mass is 16.5. The van der Waals surface area contributed by atoms with Crippen LogP contribution < -0.4 is 0 Å². The molecule has 2 rings (SSSR count). The van der Waals surface area contributed by atoms with Crippen molar-refractivity contribution in [3.63, 3.8) is 0 Å². The summed E-state index contributed by atoms with van der Waals surface area (Å²) in [4.78, 5) is 11.1. The SMILES string of the molecule is CC(C=O)C(C1=CCCCO1)c1ccccc1. The molecule has 0 amide bonds. The van der Waals surface area contributed by atoms with E-state index in [1.807, 2.05) is 25.1 Å². The molecule has 2 nitrogen and oxygen atoms in total. The normalized spacial score (nSPS) is 18.8. The van der Waals surface area contributed by atoms with Crippen molar-refractivity contribution in [2.45, 2.75) is 25.7 Å². The molecule has 2 heteroatoms. The smallest absolute Gasteiger partial charge is 0.123 e. The van der Waals surface area contributed by atoms with Crippen LogP contribution in [-0.2, 0) is 9.53 Å². The predicted molar refractivity (Wildman–Crippen MR) is 67.7 cm³/mol. The van der Waals surface area contributed by atoms with E-state index >= 15 is 0 Å². The number of carbonyl (C=O) groups excluding carboxylic acids is 1. The molecular formula is C15H18O2. The zero-order valence-corrected chi connectivity index (χ0v) is 10.1. The summed E-state index contributed by atoms with van der Waals surface area (Å²) < 4.78 is 5.72. The Hall–Kier alpha value is -1.57. The fraction of sp³-hybridized carbons (Fsp3) is 0.400. The van der Waals surface area contributed by atoms with Crippen molar-refractivity contribution in [1.29, 1.82) is 0 Å². The monoisotopic (exact) mass is 230 g/mol. The number of allylic oxidation sites excluding steroid dienone is 2. The van der Waals surface area contributed by atoms with Gasteiger partial charge in [-0.3, -0.25) is 0 Å². The Morgan fingerprint density at radius 3 is 2.65 bits per heavy atom. The van der Waals surface area contributed by atoms with Crippen LogP contribution in [0.2, 0.25) is 0 Å². The van der Waals surface area contributed by atoms with Crippen LogP contribution in [0, 0.1) is 5.92 Å². The highest BCUT2D eigenvalue weighted by Gasteiger charge is 2.25. The van der Waals surface area contributed by atoms with Gasteiger partial charge in [0.1, 0.15) is 12.0 Å². The summed E-state index contributed by atoms with van der Waals surface area (Å²) in [6.45, 7) is 2.71. The highest BCUT2D eigenvalue weighted by Crippen LogP contribution is 2.33. The summed E-state index contributed by atoms with van der Waals surface area (Å²) in [5.41, 5.74) is 1.15. The summed E-state index contributed by atoms with van der Waals surface area (Å²) in [6, 6.07) is 10.1. The van der Waals surface area contributed by atoms with E-state index in [4.69, 9.17) is 4.74 Å². The molecule has 1 heterocycles. The molecule has 1 aliphatic rings. The molecule has 0 spiro atoms. The van der Waals surface area contributed by atoms with E-state index in [1.54, 1.807) is 0 Å². The first-order valence-corrected chi connectivity index (χ1v) is 6.16. The van der Waals surface area contributed by atoms with Gasteiger partial charge in [0, 0.05) is 5.92 Å². The first kappa shape index (κ1) is 11.9. The van der Waals surface area contributed by atoms with Gasteiger partial charge in [-0.2, -0.15) is 0 Å². The molecule has 0 radical (unpaired) electrons. The molecule has 0 saturated heterocycles. The minimum Gasteiger partial charge on any atom is -0.498 e. The van der Waals surface area contributed by atoms with Crippen molar-refractivity contribution in [2.75, 3.05) is 6.61 Å². The van der Waals surface area contributed by atoms with Gasteiger partial charge in [0.05, 0.1) is 12.5 Å². The molecule has 1 aromatic carbocycles. The highest BCUT2D eigenvalue weighted by molar-refractivity contribution is 5.57. The van der Waals surface area contributed by atoms with Crippen LogP contribution in [0.1, 0.15) is 31.2 Å². The van der Waals surface area contributed by atoms with Gasteiger partial charge in [-0.15, -0.1) is 0 Å². The third kappa shape index (κ3) is 2.76. The Morgan fingerprint density at radius 1 is 1.29 bits per heavy atom. The van der Waals surface area contributed by atoms with Crippen LogP contribution in [0.3, 0.4) is 0 Å². The maximum Gasteiger partial charge on any atom is 0.123 e. The standard InChI is InChI=1S/C15H18O2/c1-12(11-16)15(13-7-3-2-4-8-13)14-9-5-6-10-17-14/h2-4,7-9,11-12,15H,5-6,10H2,1H3. The van der Waals surface area contributed by atoms with Crippen molar-refractivity contribution in [1.82, 2.24) is 0 Å². The molecule has 17 heavy (non-hydrogen) atoms. The molecule has 90 valence electrons. The van der Waals surface area contributed by atoms with Crippen molar-refractivity contribution in [2.24, 2.45) is 5.92 Å². The van der Waals surface area contributed by atoms with Gasteiger partial charge < -0.3 is 9.53 Å². The number of rotatable bonds is 4. The third-order valence-electron chi connectivity index (χ3n) is 3.17. The fourth-order valence-corrected chi connectivity index (χ4v) is 2.26. The second-order valence-corrected chi connectivity index (χ2v) is 4.48. The minimum absolute atomic E-state index is 0.0539. The lowest BCUT2D eigenvalue weighted by Crippen LogP contribution is -2.18. The van der Waals surface area contributed by atoms with Crippen molar-refractivity contribution >= 4 is 6.29 Å². The van der Waals surface area contributed by atoms with Crippen LogP contribution in [0.25, 0.3) is 0 Å². The van der Waals surface area contributed by atoms with E-state index in [0.29, 0.717) is 0 Å². The summed E-state index contributed by atoms with van der Waals surface area (Å²) in [5.74, 6) is 0.970. The largest absolute Gasteiger partial charge is 0.498 e. The number of hydrogen-bond donors (Lipinski definition) is 0. The molecule has 0 bridgehead atoms. The topological polar surface area (TPSA) is 26.3 Å². The van der Waals surface area contributed by atoms with Crippen molar-refractivity contribution < 1.29 is 9.53 Å². The number of benzene rings is 1. The van der Waals surface area contributed by atoms with Crippen LogP contribution in [0.15, 0.2) is 42.2 Å². The molecule has 2 atom stereocenters. The summed E-state index contributed by atoms with van der Waals surface area (Å²) in [7, 11) is 0. The lowest BCUT2D eigenvalue weighted by atomic mass is 9.85. The zero-order chi connectivity index (χ0) is 12.1. The van der Waals surface area contributed by atoms with E-state index in [1.165, 1.54) is 0 Å². The van der Waals surface area contributed by atoms with Gasteiger partial charge in [0.2, 0.25) is 0 Å². The van der Waals surface area contributed by atoms with Crippen molar-refractivity contribution in [3.05, 3.63) is 47.7 Å². The van der Waals surface area contributed by atoms with Gasteiger partial charge in [-0.1, -0.05) is 37.3 Å². The molecule has 2 unspecified atom stereocenters. The lowest BCUT2D eigenvalue weighted by molar-refractivity contribution is -0.111. The van der Waals surface area contributed by atoms with Crippen LogP contribution >= 0.6 is 0 Å². The number of aldehydes is 1. The average Bonchev–Trinajstić information content (AvgIpc) is 2.41. The van der Waals surface area contributed by atoms with Gasteiger partial charge in [-0.05, 0) is 24.5 Å². The minimum atomic E-state index is -0.0539. The first-order chi connectivity index (χ1) is 8.33. The van der Waals surface area contributed by atoms with Crippen LogP contribution in [0.4, 0.5) is 0 Å². The van der Waals surface area contributed by atoms with Crippen LogP contribution in [0.5, 0.6) is 0 Å². The maximum absolute atomic E-state index is 11.1. The molecule has 0 aromatic heterocycles. The lowest BCUT2D eigenvalue weighted by Gasteiger charge is -2.26. The second-order valence-electron chi connectivity index (χ2n) is 4.48. The third-order valence-corrected chi connectivity index (χ3v) is 3.17. The maximum atomic E-state index is 11.1. The van der Waals surface area contributed by atoms with E-state index in [9.17, 15) is 4.79 Å². The number of hydrogen-bond acceptors (Lipinski definition) is 2. The number of carbonyl (C=O) groups is 1. The van der Waals surface area contributed by atoms with E-state index in [0.717, 1.165) is 37.1 Å². The summed E-state index contributed by atoms with van der Waals surface area (Å²) >= 11 is 0. The average molecular weight is 230 g/mol. The Morgan fingerprint density at radius 2 is 2.06 bits per heavy atom. The second kappa shape index (κ2) is 5.67. The summed E-state index contributed by atoms with van der Waals surface area (Å²) in [6.07, 6.45) is 5.25. The Labute approximate surface area is 102 Å². The van der Waals surface area contributed by atoms with Gasteiger partial charge in [0.15, 0.2) is 0 Å². The zero-order valence-electron chi connectivity index (χ0n) is 10.1. The molecule has 0 saturated carbocycles. The quantitative estimate of drug-likeness (QED) is 0.742. The van der Waals surface area contributed by atoms with E-state index < -0.39 is 0 Å². The van der Waals surface area contributed by atoms with E-state index in [-0.39, 0.29) is 11.8 Å². The van der Waals surface area contributed by atoms with Crippen molar-refractivity contribution in [3.8, 4) is 0 Å². The van der Waals surface area contributed by atoms with Gasteiger partial charge in [-0.25, -0.2) is 0 Å². The van der Waals surface area contributed by atoms with Gasteiger partial charge in [0.25, 0.3) is 0 Å². The molecule has 1 aliphatic heterocycles. The molecule has 1 aromatic rings. The summed E-state index contributed by atoms with van der Waals surface area (Å²) in [5, 5.41) is 0. The Bertz CT molecular complexity index is 395. The van der Waals surface area contributed by atoms with E-state index in [2.05, 4.69) is 18.2 Å². The Kier molecular flexibility index (Phi) is 3.97. The van der Waals surface area contributed by atoms with Gasteiger partial charge >= 0.3 is 0 Å². The molecular weight excluding hydrogens is 212 g/mol. The number of ether oxygens (including phenoxy) is 1. The first-order valence-electron chi connectivity index (χ1n) is 6.16.